The summed E-state index contributed by atoms with van der Waals surface area (Å²) in [5.41, 5.74) is 2.07. The number of amides is 1. The lowest BCUT2D eigenvalue weighted by molar-refractivity contribution is -0.137. The summed E-state index contributed by atoms with van der Waals surface area (Å²) in [5.74, 6) is 0.112. The van der Waals surface area contributed by atoms with Gasteiger partial charge in [0.05, 0.1) is 6.04 Å². The number of aryl methyl sites for hydroxylation is 1. The molecule has 0 bridgehead atoms. The monoisotopic (exact) mass is 309 g/mol. The fourth-order valence-electron chi connectivity index (χ4n) is 3.26. The van der Waals surface area contributed by atoms with Gasteiger partial charge in [0.2, 0.25) is 5.91 Å². The van der Waals surface area contributed by atoms with Crippen molar-refractivity contribution in [2.45, 2.75) is 65.3 Å². The molecule has 1 atom stereocenters. The summed E-state index contributed by atoms with van der Waals surface area (Å²) in [7, 11) is 0. The Labute approximate surface area is 134 Å². The minimum atomic E-state index is -0.312. The Morgan fingerprint density at radius 3 is 2.24 bits per heavy atom. The zero-order valence-corrected chi connectivity index (χ0v) is 14.8. The third-order valence-electron chi connectivity index (χ3n) is 4.07. The highest BCUT2D eigenvalue weighted by atomic mass is 35.5. The largest absolute Gasteiger partial charge is 0.349 e. The quantitative estimate of drug-likeness (QED) is 0.782. The predicted octanol–water partition coefficient (Wildman–Crippen LogP) is 5.00. The Kier molecular flexibility index (Phi) is 5.86. The maximum atomic E-state index is 12.4. The van der Waals surface area contributed by atoms with Crippen LogP contribution in [0, 0.1) is 12.3 Å². The number of alkyl halides is 1. The van der Waals surface area contributed by atoms with Crippen molar-refractivity contribution < 1.29 is 4.79 Å². The Bertz CT molecular complexity index is 488. The fourth-order valence-corrected chi connectivity index (χ4v) is 3.85. The lowest BCUT2D eigenvalue weighted by Gasteiger charge is -2.48. The molecule has 118 valence electrons. The lowest BCUT2D eigenvalue weighted by atomic mass is 9.62. The summed E-state index contributed by atoms with van der Waals surface area (Å²) in [6, 6.07) is 8.19. The molecule has 1 aliphatic carbocycles. The van der Waals surface area contributed by atoms with Gasteiger partial charge >= 0.3 is 0 Å². The van der Waals surface area contributed by atoms with E-state index >= 15 is 0 Å². The summed E-state index contributed by atoms with van der Waals surface area (Å²) in [6.45, 7) is 12.1. The van der Waals surface area contributed by atoms with Gasteiger partial charge < -0.3 is 5.32 Å². The van der Waals surface area contributed by atoms with E-state index in [1.54, 1.807) is 0 Å². The molecule has 1 unspecified atom stereocenters. The van der Waals surface area contributed by atoms with Crippen molar-refractivity contribution in [2.75, 3.05) is 0 Å². The summed E-state index contributed by atoms with van der Waals surface area (Å²) in [4.78, 5) is 12.1. The molecular formula is C18H28ClNO. The van der Waals surface area contributed by atoms with E-state index in [9.17, 15) is 4.79 Å². The molecule has 2 rings (SSSR count). The standard InChI is InChI=1S/C16H22ClNO.C2H6/c1-11-7-5-6-8-13(11)12(2)18-14(19)15(3)9-16(4,17)10-15;1-2/h5-8,12H,9-10H2,1-4H3,(H,18,19);1-2H3. The molecule has 0 heterocycles. The Morgan fingerprint density at radius 1 is 1.24 bits per heavy atom. The summed E-state index contributed by atoms with van der Waals surface area (Å²) < 4.78 is 0. The average molecular weight is 310 g/mol. The third kappa shape index (κ3) is 4.23. The molecule has 1 aromatic carbocycles. The summed E-state index contributed by atoms with van der Waals surface area (Å²) in [5, 5.41) is 3.12. The molecule has 1 fully saturated rings. The molecule has 1 amide bonds. The number of benzene rings is 1. The third-order valence-corrected chi connectivity index (χ3v) is 4.34. The molecule has 3 heteroatoms. The summed E-state index contributed by atoms with van der Waals surface area (Å²) in [6.07, 6.45) is 1.49. The van der Waals surface area contributed by atoms with Crippen LogP contribution in [0.1, 0.15) is 64.6 Å². The lowest BCUT2D eigenvalue weighted by Crippen LogP contribution is -2.53. The predicted molar refractivity (Wildman–Crippen MR) is 90.7 cm³/mol. The van der Waals surface area contributed by atoms with Gasteiger partial charge in [-0.25, -0.2) is 0 Å². The fraction of sp³-hybridized carbons (Fsp3) is 0.611. The van der Waals surface area contributed by atoms with Gasteiger partial charge in [-0.15, -0.1) is 11.6 Å². The van der Waals surface area contributed by atoms with E-state index in [2.05, 4.69) is 24.4 Å². The van der Waals surface area contributed by atoms with Crippen molar-refractivity contribution in [1.82, 2.24) is 5.32 Å². The van der Waals surface area contributed by atoms with Crippen LogP contribution in [0.5, 0.6) is 0 Å². The molecule has 0 radical (unpaired) electrons. The number of nitrogens with one attached hydrogen (secondary N) is 1. The van der Waals surface area contributed by atoms with Crippen LogP contribution in [0.15, 0.2) is 24.3 Å². The van der Waals surface area contributed by atoms with Crippen molar-refractivity contribution in [3.63, 3.8) is 0 Å². The van der Waals surface area contributed by atoms with E-state index < -0.39 is 0 Å². The second-order valence-electron chi connectivity index (χ2n) is 6.38. The first-order valence-electron chi connectivity index (χ1n) is 7.79. The Hall–Kier alpha value is -1.02. The van der Waals surface area contributed by atoms with E-state index in [4.69, 9.17) is 11.6 Å². The number of carbonyl (C=O) groups excluding carboxylic acids is 1. The summed E-state index contributed by atoms with van der Waals surface area (Å²) >= 11 is 6.23. The molecule has 0 aromatic heterocycles. The van der Waals surface area contributed by atoms with Crippen LogP contribution in [-0.2, 0) is 4.79 Å². The highest BCUT2D eigenvalue weighted by Gasteiger charge is 2.52. The van der Waals surface area contributed by atoms with Gasteiger partial charge in [-0.2, -0.15) is 0 Å². The SMILES string of the molecule is CC.Cc1ccccc1C(C)NC(=O)C1(C)CC(C)(Cl)C1. The molecule has 1 aliphatic rings. The van der Waals surface area contributed by atoms with Gasteiger partial charge in [-0.1, -0.05) is 45.0 Å². The molecule has 0 aliphatic heterocycles. The van der Waals surface area contributed by atoms with Crippen molar-refractivity contribution >= 4 is 17.5 Å². The van der Waals surface area contributed by atoms with E-state index in [0.29, 0.717) is 0 Å². The second kappa shape index (κ2) is 6.83. The minimum Gasteiger partial charge on any atom is -0.349 e. The van der Waals surface area contributed by atoms with Gasteiger partial charge in [0.1, 0.15) is 0 Å². The van der Waals surface area contributed by atoms with E-state index in [-0.39, 0.29) is 22.2 Å². The maximum absolute atomic E-state index is 12.4. The van der Waals surface area contributed by atoms with Crippen molar-refractivity contribution in [1.29, 1.82) is 0 Å². The van der Waals surface area contributed by atoms with Crippen LogP contribution in [0.4, 0.5) is 0 Å². The number of carbonyl (C=O) groups is 1. The van der Waals surface area contributed by atoms with Crippen molar-refractivity contribution in [3.05, 3.63) is 35.4 Å². The highest BCUT2D eigenvalue weighted by molar-refractivity contribution is 6.25. The first-order chi connectivity index (χ1) is 9.73. The van der Waals surface area contributed by atoms with E-state index in [1.807, 2.05) is 46.8 Å². The van der Waals surface area contributed by atoms with Gasteiger partial charge in [-0.3, -0.25) is 4.79 Å². The molecule has 1 saturated carbocycles. The van der Waals surface area contributed by atoms with Crippen molar-refractivity contribution in [3.8, 4) is 0 Å². The molecule has 21 heavy (non-hydrogen) atoms. The van der Waals surface area contributed by atoms with E-state index in [0.717, 1.165) is 12.8 Å². The minimum absolute atomic E-state index is 0.0349. The zero-order valence-electron chi connectivity index (χ0n) is 14.1. The van der Waals surface area contributed by atoms with E-state index in [1.165, 1.54) is 11.1 Å². The topological polar surface area (TPSA) is 29.1 Å². The molecule has 0 spiro atoms. The number of rotatable bonds is 3. The number of halogens is 1. The van der Waals surface area contributed by atoms with Crippen LogP contribution in [-0.4, -0.2) is 10.8 Å². The maximum Gasteiger partial charge on any atom is 0.226 e. The van der Waals surface area contributed by atoms with Crippen molar-refractivity contribution in [2.24, 2.45) is 5.41 Å². The molecule has 2 nitrogen and oxygen atoms in total. The molecule has 0 saturated heterocycles. The molecule has 1 aromatic rings. The number of hydrogen-bond donors (Lipinski definition) is 1. The first-order valence-corrected chi connectivity index (χ1v) is 8.17. The Morgan fingerprint density at radius 2 is 1.76 bits per heavy atom. The molecule has 1 N–H and O–H groups in total. The van der Waals surface area contributed by atoms with Gasteiger partial charge in [0.15, 0.2) is 0 Å². The second-order valence-corrected chi connectivity index (χ2v) is 7.29. The average Bonchev–Trinajstić information content (AvgIpc) is 2.39. The smallest absolute Gasteiger partial charge is 0.226 e. The van der Waals surface area contributed by atoms with Crippen LogP contribution in [0.25, 0.3) is 0 Å². The van der Waals surface area contributed by atoms with Gasteiger partial charge in [-0.05, 0) is 44.7 Å². The van der Waals surface area contributed by atoms with Crippen LogP contribution in [0.3, 0.4) is 0 Å². The van der Waals surface area contributed by atoms with Crippen LogP contribution >= 0.6 is 11.6 Å². The normalized spacial score (nSPS) is 28.7. The van der Waals surface area contributed by atoms with Crippen LogP contribution < -0.4 is 5.32 Å². The van der Waals surface area contributed by atoms with Gasteiger partial charge in [0.25, 0.3) is 0 Å². The first kappa shape index (κ1) is 18.0. The Balaban J connectivity index is 0.00000106. The zero-order chi connectivity index (χ0) is 16.3. The van der Waals surface area contributed by atoms with Crippen LogP contribution in [0.2, 0.25) is 0 Å². The molecular weight excluding hydrogens is 282 g/mol. The number of hydrogen-bond acceptors (Lipinski definition) is 1. The highest BCUT2D eigenvalue weighted by Crippen LogP contribution is 2.52. The van der Waals surface area contributed by atoms with Gasteiger partial charge in [0, 0.05) is 10.3 Å².